The van der Waals surface area contributed by atoms with Gasteiger partial charge in [0.15, 0.2) is 17.3 Å². The molecular formula is C17H11F3O3. The third-order valence-electron chi connectivity index (χ3n) is 3.32. The smallest absolute Gasteiger partial charge is 0.416 e. The van der Waals surface area contributed by atoms with Gasteiger partial charge >= 0.3 is 6.18 Å². The second-order valence-corrected chi connectivity index (χ2v) is 4.86. The van der Waals surface area contributed by atoms with Crippen molar-refractivity contribution in [1.82, 2.24) is 0 Å². The van der Waals surface area contributed by atoms with Gasteiger partial charge in [0.05, 0.1) is 5.56 Å². The van der Waals surface area contributed by atoms with Crippen LogP contribution < -0.4 is 9.47 Å². The van der Waals surface area contributed by atoms with Crippen molar-refractivity contribution in [2.75, 3.05) is 6.79 Å². The van der Waals surface area contributed by atoms with Gasteiger partial charge in [-0.3, -0.25) is 4.79 Å². The molecule has 1 aliphatic heterocycles. The molecule has 3 rings (SSSR count). The van der Waals surface area contributed by atoms with E-state index in [2.05, 4.69) is 0 Å². The third-order valence-corrected chi connectivity index (χ3v) is 3.32. The van der Waals surface area contributed by atoms with E-state index in [1.54, 1.807) is 18.2 Å². The predicted molar refractivity (Wildman–Crippen MR) is 77.4 cm³/mol. The summed E-state index contributed by atoms with van der Waals surface area (Å²) in [5.41, 5.74) is -0.254. The number of carbonyl (C=O) groups excluding carboxylic acids is 1. The molecule has 0 atom stereocenters. The second-order valence-electron chi connectivity index (χ2n) is 4.86. The van der Waals surface area contributed by atoms with Crippen molar-refractivity contribution >= 4 is 11.9 Å². The van der Waals surface area contributed by atoms with E-state index in [4.69, 9.17) is 9.47 Å². The van der Waals surface area contributed by atoms with E-state index >= 15 is 0 Å². The molecule has 0 N–H and O–H groups in total. The highest BCUT2D eigenvalue weighted by Crippen LogP contribution is 2.36. The summed E-state index contributed by atoms with van der Waals surface area (Å²) in [5.74, 6) is 0.562. The number of alkyl halides is 3. The van der Waals surface area contributed by atoms with E-state index in [1.807, 2.05) is 0 Å². The van der Waals surface area contributed by atoms with Crippen LogP contribution >= 0.6 is 0 Å². The molecule has 3 nitrogen and oxygen atoms in total. The van der Waals surface area contributed by atoms with Gasteiger partial charge in [-0.25, -0.2) is 0 Å². The van der Waals surface area contributed by atoms with Crippen molar-refractivity contribution in [2.24, 2.45) is 0 Å². The van der Waals surface area contributed by atoms with Crippen LogP contribution in [0.3, 0.4) is 0 Å². The van der Waals surface area contributed by atoms with E-state index in [0.29, 0.717) is 17.1 Å². The fourth-order valence-corrected chi connectivity index (χ4v) is 2.19. The maximum atomic E-state index is 12.7. The minimum Gasteiger partial charge on any atom is -0.454 e. The van der Waals surface area contributed by atoms with Crippen molar-refractivity contribution < 1.29 is 27.4 Å². The number of para-hydroxylation sites is 1. The van der Waals surface area contributed by atoms with Gasteiger partial charge in [-0.1, -0.05) is 24.3 Å². The molecule has 6 heteroatoms. The number of halogens is 3. The van der Waals surface area contributed by atoms with Crippen molar-refractivity contribution in [1.29, 1.82) is 0 Å². The SMILES string of the molecule is O=C(/C=C/c1cccc2c1OCO2)c1cccc(C(F)(F)F)c1. The Morgan fingerprint density at radius 1 is 1.09 bits per heavy atom. The molecule has 0 saturated heterocycles. The normalized spacial score (nSPS) is 13.5. The van der Waals surface area contributed by atoms with Crippen LogP contribution in [-0.2, 0) is 6.18 Å². The first-order valence-electron chi connectivity index (χ1n) is 6.73. The largest absolute Gasteiger partial charge is 0.454 e. The van der Waals surface area contributed by atoms with Crippen molar-refractivity contribution in [3.8, 4) is 11.5 Å². The number of hydrogen-bond acceptors (Lipinski definition) is 3. The zero-order valence-electron chi connectivity index (χ0n) is 11.8. The van der Waals surface area contributed by atoms with E-state index in [9.17, 15) is 18.0 Å². The zero-order valence-corrected chi connectivity index (χ0v) is 11.8. The molecule has 2 aromatic carbocycles. The van der Waals surface area contributed by atoms with Crippen LogP contribution in [0, 0.1) is 0 Å². The standard InChI is InChI=1S/C17H11F3O3/c18-17(19,20)13-5-1-4-12(9-13)14(21)8-7-11-3-2-6-15-16(11)23-10-22-15/h1-9H,10H2/b8-7+. The van der Waals surface area contributed by atoms with Crippen LogP contribution in [0.2, 0.25) is 0 Å². The van der Waals surface area contributed by atoms with E-state index in [1.165, 1.54) is 24.3 Å². The van der Waals surface area contributed by atoms with Gasteiger partial charge in [-0.05, 0) is 30.4 Å². The lowest BCUT2D eigenvalue weighted by Gasteiger charge is -2.07. The van der Waals surface area contributed by atoms with Crippen LogP contribution in [0.25, 0.3) is 6.08 Å². The highest BCUT2D eigenvalue weighted by Gasteiger charge is 2.30. The number of fused-ring (bicyclic) bond motifs is 1. The summed E-state index contributed by atoms with van der Waals surface area (Å²) in [6.45, 7) is 0.0990. The van der Waals surface area contributed by atoms with Crippen LogP contribution in [0.1, 0.15) is 21.5 Å². The zero-order chi connectivity index (χ0) is 16.4. The Labute approximate surface area is 130 Å². The molecule has 23 heavy (non-hydrogen) atoms. The Hall–Kier alpha value is -2.76. The van der Waals surface area contributed by atoms with Gasteiger partial charge in [0.2, 0.25) is 6.79 Å². The predicted octanol–water partition coefficient (Wildman–Crippen LogP) is 4.33. The van der Waals surface area contributed by atoms with E-state index in [-0.39, 0.29) is 12.4 Å². The lowest BCUT2D eigenvalue weighted by molar-refractivity contribution is -0.137. The quantitative estimate of drug-likeness (QED) is 0.624. The lowest BCUT2D eigenvalue weighted by atomic mass is 10.1. The Balaban J connectivity index is 1.84. The summed E-state index contributed by atoms with van der Waals surface area (Å²) in [5, 5.41) is 0. The summed E-state index contributed by atoms with van der Waals surface area (Å²) >= 11 is 0. The van der Waals surface area contributed by atoms with Gasteiger partial charge in [0, 0.05) is 11.1 Å². The Kier molecular flexibility index (Phi) is 3.82. The fourth-order valence-electron chi connectivity index (χ4n) is 2.19. The number of ether oxygens (including phenoxy) is 2. The van der Waals surface area contributed by atoms with Gasteiger partial charge in [0.1, 0.15) is 0 Å². The fraction of sp³-hybridized carbons (Fsp3) is 0.118. The minimum atomic E-state index is -4.48. The first-order chi connectivity index (χ1) is 10.9. The van der Waals surface area contributed by atoms with Crippen molar-refractivity contribution in [2.45, 2.75) is 6.18 Å². The monoisotopic (exact) mass is 320 g/mol. The Morgan fingerprint density at radius 3 is 2.65 bits per heavy atom. The third kappa shape index (κ3) is 3.21. The van der Waals surface area contributed by atoms with E-state index < -0.39 is 17.5 Å². The second kappa shape index (κ2) is 5.79. The van der Waals surface area contributed by atoms with Gasteiger partial charge in [-0.15, -0.1) is 0 Å². The molecule has 0 aliphatic carbocycles. The summed E-state index contributed by atoms with van der Waals surface area (Å²) < 4.78 is 48.5. The van der Waals surface area contributed by atoms with Gasteiger partial charge < -0.3 is 9.47 Å². The minimum absolute atomic E-state index is 0.0270. The van der Waals surface area contributed by atoms with Gasteiger partial charge in [-0.2, -0.15) is 13.2 Å². The average molecular weight is 320 g/mol. The molecule has 0 unspecified atom stereocenters. The summed E-state index contributed by atoms with van der Waals surface area (Å²) in [4.78, 5) is 12.1. The molecule has 0 amide bonds. The molecule has 0 fully saturated rings. The highest BCUT2D eigenvalue weighted by atomic mass is 19.4. The first kappa shape index (κ1) is 15.1. The molecular weight excluding hydrogens is 309 g/mol. The number of hydrogen-bond donors (Lipinski definition) is 0. The van der Waals surface area contributed by atoms with Crippen LogP contribution in [0.5, 0.6) is 11.5 Å². The van der Waals surface area contributed by atoms with Crippen molar-refractivity contribution in [3.63, 3.8) is 0 Å². The molecule has 118 valence electrons. The average Bonchev–Trinajstić information content (AvgIpc) is 3.01. The van der Waals surface area contributed by atoms with Crippen LogP contribution in [-0.4, -0.2) is 12.6 Å². The Morgan fingerprint density at radius 2 is 1.87 bits per heavy atom. The molecule has 1 aliphatic rings. The molecule has 0 aromatic heterocycles. The molecule has 0 saturated carbocycles. The number of ketones is 1. The van der Waals surface area contributed by atoms with Crippen molar-refractivity contribution in [3.05, 3.63) is 65.2 Å². The molecule has 0 spiro atoms. The summed E-state index contributed by atoms with van der Waals surface area (Å²) in [6, 6.07) is 9.51. The molecule has 2 aromatic rings. The topological polar surface area (TPSA) is 35.5 Å². The lowest BCUT2D eigenvalue weighted by Crippen LogP contribution is -2.06. The van der Waals surface area contributed by atoms with E-state index in [0.717, 1.165) is 12.1 Å². The van der Waals surface area contributed by atoms with Crippen LogP contribution in [0.4, 0.5) is 13.2 Å². The molecule has 0 radical (unpaired) electrons. The molecule has 0 bridgehead atoms. The maximum Gasteiger partial charge on any atom is 0.416 e. The Bertz CT molecular complexity index is 779. The highest BCUT2D eigenvalue weighted by molar-refractivity contribution is 6.07. The first-order valence-corrected chi connectivity index (χ1v) is 6.73. The number of benzene rings is 2. The van der Waals surface area contributed by atoms with Crippen LogP contribution in [0.15, 0.2) is 48.5 Å². The van der Waals surface area contributed by atoms with Gasteiger partial charge in [0.25, 0.3) is 0 Å². The summed E-state index contributed by atoms with van der Waals surface area (Å²) in [7, 11) is 0. The summed E-state index contributed by atoms with van der Waals surface area (Å²) in [6.07, 6.45) is -1.77. The maximum absolute atomic E-state index is 12.7. The number of allylic oxidation sites excluding steroid dienone is 1. The molecule has 1 heterocycles. The number of carbonyl (C=O) groups is 1. The number of rotatable bonds is 3.